The van der Waals surface area contributed by atoms with Crippen molar-refractivity contribution in [2.45, 2.75) is 32.1 Å². The molecule has 0 radical (unpaired) electrons. The van der Waals surface area contributed by atoms with E-state index in [4.69, 9.17) is 14.6 Å². The fourth-order valence-electron chi connectivity index (χ4n) is 2.92. The number of nitrogens with zero attached hydrogens (tertiary/aromatic N) is 5. The number of thiazole rings is 1. The molecule has 1 atom stereocenters. The van der Waals surface area contributed by atoms with Crippen LogP contribution in [0.25, 0.3) is 0 Å². The molecule has 12 heteroatoms. The quantitative estimate of drug-likeness (QED) is 0.553. The fraction of sp³-hybridized carbons (Fsp3) is 0.529. The van der Waals surface area contributed by atoms with Crippen LogP contribution in [0, 0.1) is 6.92 Å². The number of aliphatic carboxylic acids is 1. The normalized spacial score (nSPS) is 16.7. The van der Waals surface area contributed by atoms with Gasteiger partial charge < -0.3 is 9.84 Å². The maximum atomic E-state index is 10.6. The number of carboxylic acids is 1. The number of carbonyl (C=O) groups is 1. The summed E-state index contributed by atoms with van der Waals surface area (Å²) in [7, 11) is 1.95. The van der Waals surface area contributed by atoms with Crippen molar-refractivity contribution in [2.24, 2.45) is 7.05 Å². The summed E-state index contributed by atoms with van der Waals surface area (Å²) in [6.07, 6.45) is -3.30. The number of fused-ring (bicyclic) bond motifs is 1. The molecule has 160 valence electrons. The molecule has 3 heterocycles. The smallest absolute Gasteiger partial charge is 0.475 e. The Morgan fingerprint density at radius 3 is 2.76 bits per heavy atom. The van der Waals surface area contributed by atoms with Crippen molar-refractivity contribution in [3.8, 4) is 0 Å². The Balaban J connectivity index is 0.000000370. The Morgan fingerprint density at radius 1 is 1.52 bits per heavy atom. The monoisotopic (exact) mass is 433 g/mol. The van der Waals surface area contributed by atoms with Gasteiger partial charge in [-0.25, -0.2) is 9.78 Å². The van der Waals surface area contributed by atoms with Crippen molar-refractivity contribution in [1.82, 2.24) is 24.9 Å². The van der Waals surface area contributed by atoms with Gasteiger partial charge in [-0.05, 0) is 6.92 Å². The highest BCUT2D eigenvalue weighted by atomic mass is 32.1. The highest BCUT2D eigenvalue weighted by molar-refractivity contribution is 7.09. The topological polar surface area (TPSA) is 93.4 Å². The van der Waals surface area contributed by atoms with Gasteiger partial charge in [0, 0.05) is 37.5 Å². The Labute approximate surface area is 169 Å². The molecule has 0 bridgehead atoms. The molecule has 0 aromatic carbocycles. The van der Waals surface area contributed by atoms with E-state index >= 15 is 0 Å². The number of rotatable bonds is 6. The van der Waals surface area contributed by atoms with Gasteiger partial charge in [0.05, 0.1) is 30.1 Å². The predicted octanol–water partition coefficient (Wildman–Crippen LogP) is 2.52. The summed E-state index contributed by atoms with van der Waals surface area (Å²) < 4.78 is 39.3. The number of alkyl halides is 3. The lowest BCUT2D eigenvalue weighted by molar-refractivity contribution is -0.192. The van der Waals surface area contributed by atoms with Crippen molar-refractivity contribution in [3.05, 3.63) is 40.1 Å². The predicted molar refractivity (Wildman–Crippen MR) is 99.4 cm³/mol. The Morgan fingerprint density at radius 2 is 2.21 bits per heavy atom. The molecule has 8 nitrogen and oxygen atoms in total. The van der Waals surface area contributed by atoms with Crippen molar-refractivity contribution in [2.75, 3.05) is 19.8 Å². The van der Waals surface area contributed by atoms with Crippen molar-refractivity contribution < 1.29 is 27.8 Å². The minimum Gasteiger partial charge on any atom is -0.475 e. The first-order valence-corrected chi connectivity index (χ1v) is 9.50. The van der Waals surface area contributed by atoms with Gasteiger partial charge in [-0.15, -0.1) is 23.0 Å². The average Bonchev–Trinajstić information content (AvgIpc) is 3.21. The minimum atomic E-state index is -5.08. The standard InChI is InChI=1S/C15H21N5OS.C2HF3O2/c1-4-5-21-9-12-6-20(8-14-11(2)16-10-22-14)7-13-15(12)19(3)18-17-13;3-2(4,5)1(6)7/h4,10,12H,1,5-9H2,2-3H3;(H,6,7). The second-order valence-corrected chi connectivity index (χ2v) is 7.34. The van der Waals surface area contributed by atoms with Gasteiger partial charge in [0.1, 0.15) is 5.69 Å². The van der Waals surface area contributed by atoms with E-state index < -0.39 is 12.1 Å². The molecule has 2 aromatic heterocycles. The van der Waals surface area contributed by atoms with Crippen LogP contribution in [0.4, 0.5) is 13.2 Å². The molecule has 0 saturated heterocycles. The van der Waals surface area contributed by atoms with Crippen LogP contribution in [-0.2, 0) is 29.7 Å². The molecule has 29 heavy (non-hydrogen) atoms. The molecule has 3 rings (SSSR count). The number of aromatic nitrogens is 4. The zero-order valence-electron chi connectivity index (χ0n) is 16.0. The van der Waals surface area contributed by atoms with Crippen molar-refractivity contribution >= 4 is 17.3 Å². The van der Waals surface area contributed by atoms with E-state index in [0.717, 1.165) is 31.0 Å². The molecule has 0 saturated carbocycles. The third-order valence-electron chi connectivity index (χ3n) is 4.19. The van der Waals surface area contributed by atoms with Crippen LogP contribution in [0.2, 0.25) is 0 Å². The summed E-state index contributed by atoms with van der Waals surface area (Å²) in [6.45, 7) is 9.69. The van der Waals surface area contributed by atoms with Crippen LogP contribution in [-0.4, -0.2) is 61.9 Å². The molecule has 1 N–H and O–H groups in total. The van der Waals surface area contributed by atoms with Gasteiger partial charge in [-0.1, -0.05) is 11.3 Å². The van der Waals surface area contributed by atoms with Gasteiger partial charge in [0.15, 0.2) is 0 Å². The second kappa shape index (κ2) is 9.94. The summed E-state index contributed by atoms with van der Waals surface area (Å²) in [5.41, 5.74) is 5.28. The first-order chi connectivity index (χ1) is 13.6. The average molecular weight is 433 g/mol. The zero-order valence-corrected chi connectivity index (χ0v) is 16.8. The van der Waals surface area contributed by atoms with Gasteiger partial charge in [0.25, 0.3) is 0 Å². The summed E-state index contributed by atoms with van der Waals surface area (Å²) in [4.78, 5) is 17.0. The molecule has 1 aliphatic rings. The number of ether oxygens (including phenoxy) is 1. The van der Waals surface area contributed by atoms with E-state index in [2.05, 4.69) is 33.7 Å². The van der Waals surface area contributed by atoms with Crippen molar-refractivity contribution in [1.29, 1.82) is 0 Å². The van der Waals surface area contributed by atoms with E-state index in [-0.39, 0.29) is 5.92 Å². The third kappa shape index (κ3) is 6.34. The van der Waals surface area contributed by atoms with Gasteiger partial charge >= 0.3 is 12.1 Å². The van der Waals surface area contributed by atoms with Gasteiger partial charge in [-0.2, -0.15) is 13.2 Å². The summed E-state index contributed by atoms with van der Waals surface area (Å²) in [5, 5.41) is 15.6. The fourth-order valence-corrected chi connectivity index (χ4v) is 3.74. The maximum Gasteiger partial charge on any atom is 0.490 e. The van der Waals surface area contributed by atoms with Crippen LogP contribution in [0.5, 0.6) is 0 Å². The zero-order chi connectivity index (χ0) is 21.6. The molecule has 0 amide bonds. The summed E-state index contributed by atoms with van der Waals surface area (Å²) >= 11 is 1.71. The lowest BCUT2D eigenvalue weighted by atomic mass is 9.99. The number of carboxylic acid groups (broad SMARTS) is 1. The van der Waals surface area contributed by atoms with Gasteiger partial charge in [-0.3, -0.25) is 9.58 Å². The van der Waals surface area contributed by atoms with Crippen LogP contribution in [0.1, 0.15) is 27.9 Å². The largest absolute Gasteiger partial charge is 0.490 e. The van der Waals surface area contributed by atoms with Crippen LogP contribution >= 0.6 is 11.3 Å². The van der Waals surface area contributed by atoms with Gasteiger partial charge in [0.2, 0.25) is 0 Å². The molecule has 1 aliphatic heterocycles. The van der Waals surface area contributed by atoms with E-state index in [9.17, 15) is 13.2 Å². The number of hydrogen-bond donors (Lipinski definition) is 1. The molecule has 2 aromatic rings. The Hall–Kier alpha value is -2.31. The summed E-state index contributed by atoms with van der Waals surface area (Å²) in [5.74, 6) is -2.47. The number of aryl methyl sites for hydroxylation is 2. The van der Waals surface area contributed by atoms with Crippen LogP contribution < -0.4 is 0 Å². The Kier molecular flexibility index (Phi) is 7.88. The number of halogens is 3. The first-order valence-electron chi connectivity index (χ1n) is 8.62. The SMILES string of the molecule is C=CCOCC1CN(Cc2scnc2C)Cc2nnn(C)c21.O=C(O)C(F)(F)F. The lowest BCUT2D eigenvalue weighted by Gasteiger charge is -2.31. The van der Waals surface area contributed by atoms with E-state index in [0.29, 0.717) is 13.2 Å². The lowest BCUT2D eigenvalue weighted by Crippen LogP contribution is -2.36. The molecule has 0 aliphatic carbocycles. The van der Waals surface area contributed by atoms with E-state index in [1.807, 2.05) is 17.2 Å². The van der Waals surface area contributed by atoms with E-state index in [1.165, 1.54) is 10.6 Å². The molecule has 0 spiro atoms. The van der Waals surface area contributed by atoms with Crippen LogP contribution in [0.15, 0.2) is 18.2 Å². The molecule has 0 fully saturated rings. The van der Waals surface area contributed by atoms with Crippen LogP contribution in [0.3, 0.4) is 0 Å². The number of hydrogen-bond acceptors (Lipinski definition) is 7. The highest BCUT2D eigenvalue weighted by Gasteiger charge is 2.38. The van der Waals surface area contributed by atoms with Crippen molar-refractivity contribution in [3.63, 3.8) is 0 Å². The molecule has 1 unspecified atom stereocenters. The molecular formula is C17H22F3N5O3S. The molecular weight excluding hydrogens is 411 g/mol. The maximum absolute atomic E-state index is 10.6. The second-order valence-electron chi connectivity index (χ2n) is 6.40. The summed E-state index contributed by atoms with van der Waals surface area (Å²) in [6, 6.07) is 0. The minimum absolute atomic E-state index is 0.289. The first kappa shape index (κ1) is 23.0. The van der Waals surface area contributed by atoms with E-state index in [1.54, 1.807) is 17.4 Å². The highest BCUT2D eigenvalue weighted by Crippen LogP contribution is 2.28. The third-order valence-corrected chi connectivity index (χ3v) is 5.11. The Bertz CT molecular complexity index is 837.